The highest BCUT2D eigenvalue weighted by Crippen LogP contribution is 2.10. The van der Waals surface area contributed by atoms with E-state index >= 15 is 0 Å². The van der Waals surface area contributed by atoms with Gasteiger partial charge in [0.1, 0.15) is 0 Å². The van der Waals surface area contributed by atoms with Crippen LogP contribution in [0.1, 0.15) is 23.7 Å². The number of morpholine rings is 1. The largest absolute Gasteiger partial charge is 0.379 e. The number of nitrogens with zero attached hydrogens (tertiary/aromatic N) is 1. The van der Waals surface area contributed by atoms with Crippen molar-refractivity contribution in [3.63, 3.8) is 0 Å². The smallest absolute Gasteiger partial charge is 0.251 e. The van der Waals surface area contributed by atoms with E-state index in [0.717, 1.165) is 30.8 Å². The third-order valence-electron chi connectivity index (χ3n) is 4.01. The fourth-order valence-electron chi connectivity index (χ4n) is 2.49. The lowest BCUT2D eigenvalue weighted by Crippen LogP contribution is -2.47. The Morgan fingerprint density at radius 1 is 1.21 bits per heavy atom. The van der Waals surface area contributed by atoms with E-state index in [0.29, 0.717) is 18.7 Å². The monoisotopic (exact) mass is 397 g/mol. The van der Waals surface area contributed by atoms with Gasteiger partial charge in [-0.1, -0.05) is 15.9 Å². The summed E-state index contributed by atoms with van der Waals surface area (Å²) in [5.41, 5.74) is 0.583. The zero-order chi connectivity index (χ0) is 17.4. The van der Waals surface area contributed by atoms with Gasteiger partial charge >= 0.3 is 0 Å². The lowest BCUT2D eigenvalue weighted by atomic mass is 10.2. The summed E-state index contributed by atoms with van der Waals surface area (Å²) in [6.45, 7) is 6.34. The molecule has 2 amide bonds. The Hall–Kier alpha value is -1.44. The van der Waals surface area contributed by atoms with E-state index < -0.39 is 0 Å². The molecule has 0 bridgehead atoms. The van der Waals surface area contributed by atoms with Gasteiger partial charge in [0.2, 0.25) is 5.91 Å². The number of amides is 2. The molecule has 0 saturated carbocycles. The highest BCUT2D eigenvalue weighted by Gasteiger charge is 2.17. The summed E-state index contributed by atoms with van der Waals surface area (Å²) in [4.78, 5) is 26.1. The van der Waals surface area contributed by atoms with E-state index in [9.17, 15) is 9.59 Å². The van der Waals surface area contributed by atoms with Crippen LogP contribution in [0.15, 0.2) is 28.7 Å². The maximum absolute atomic E-state index is 11.9. The Morgan fingerprint density at radius 3 is 2.54 bits per heavy atom. The second-order valence-electron chi connectivity index (χ2n) is 5.81. The summed E-state index contributed by atoms with van der Waals surface area (Å²) in [7, 11) is 0. The van der Waals surface area contributed by atoms with Crippen LogP contribution in [0.5, 0.6) is 0 Å². The fourth-order valence-corrected chi connectivity index (χ4v) is 2.75. The van der Waals surface area contributed by atoms with Crippen LogP contribution in [0.3, 0.4) is 0 Å². The second-order valence-corrected chi connectivity index (χ2v) is 6.73. The van der Waals surface area contributed by atoms with Crippen LogP contribution in [0.2, 0.25) is 0 Å². The van der Waals surface area contributed by atoms with Gasteiger partial charge in [-0.3, -0.25) is 14.5 Å². The molecule has 1 fully saturated rings. The van der Waals surface area contributed by atoms with Crippen LogP contribution in [-0.4, -0.2) is 62.1 Å². The average Bonchev–Trinajstić information content (AvgIpc) is 2.61. The summed E-state index contributed by atoms with van der Waals surface area (Å²) in [6.07, 6.45) is 0.276. The molecule has 0 aliphatic carbocycles. The van der Waals surface area contributed by atoms with Crippen molar-refractivity contribution in [3.05, 3.63) is 34.3 Å². The summed E-state index contributed by atoms with van der Waals surface area (Å²) < 4.78 is 6.25. The molecule has 2 N–H and O–H groups in total. The van der Waals surface area contributed by atoms with Crippen LogP contribution in [-0.2, 0) is 9.53 Å². The molecule has 0 spiro atoms. The van der Waals surface area contributed by atoms with Crippen molar-refractivity contribution in [3.8, 4) is 0 Å². The first-order valence-electron chi connectivity index (χ1n) is 8.18. The number of halogens is 1. The van der Waals surface area contributed by atoms with E-state index in [1.165, 1.54) is 0 Å². The number of carbonyl (C=O) groups is 2. The van der Waals surface area contributed by atoms with Crippen molar-refractivity contribution < 1.29 is 14.3 Å². The first kappa shape index (κ1) is 18.9. The van der Waals surface area contributed by atoms with Crippen LogP contribution in [0.4, 0.5) is 0 Å². The Morgan fingerprint density at radius 2 is 1.88 bits per heavy atom. The van der Waals surface area contributed by atoms with E-state index in [1.54, 1.807) is 12.1 Å². The van der Waals surface area contributed by atoms with E-state index in [1.807, 2.05) is 12.1 Å². The molecule has 1 saturated heterocycles. The molecule has 1 aromatic rings. The van der Waals surface area contributed by atoms with Gasteiger partial charge in [-0.05, 0) is 31.2 Å². The topological polar surface area (TPSA) is 70.7 Å². The quantitative estimate of drug-likeness (QED) is 0.729. The van der Waals surface area contributed by atoms with Gasteiger partial charge in [0.15, 0.2) is 0 Å². The molecule has 0 aromatic heterocycles. The van der Waals surface area contributed by atoms with Crippen molar-refractivity contribution in [2.24, 2.45) is 0 Å². The Balaban J connectivity index is 1.62. The molecule has 1 unspecified atom stereocenters. The maximum Gasteiger partial charge on any atom is 0.251 e. The van der Waals surface area contributed by atoms with Crippen molar-refractivity contribution in [2.75, 3.05) is 39.4 Å². The van der Waals surface area contributed by atoms with Gasteiger partial charge < -0.3 is 15.4 Å². The van der Waals surface area contributed by atoms with Crippen LogP contribution in [0.25, 0.3) is 0 Å². The van der Waals surface area contributed by atoms with Gasteiger partial charge in [-0.15, -0.1) is 0 Å². The first-order chi connectivity index (χ1) is 11.6. The predicted molar refractivity (Wildman–Crippen MR) is 96.0 cm³/mol. The number of nitrogens with one attached hydrogen (secondary N) is 2. The number of hydrogen-bond acceptors (Lipinski definition) is 4. The highest BCUT2D eigenvalue weighted by atomic mass is 79.9. The van der Waals surface area contributed by atoms with E-state index in [2.05, 4.69) is 38.4 Å². The zero-order valence-electron chi connectivity index (χ0n) is 13.9. The summed E-state index contributed by atoms with van der Waals surface area (Å²) in [6, 6.07) is 7.39. The standard InChI is InChI=1S/C17H24BrN3O3/c1-13(21-8-10-24-11-9-21)12-20-16(22)6-7-19-17(23)14-2-4-15(18)5-3-14/h2-5,13H,6-12H2,1H3,(H,19,23)(H,20,22). The average molecular weight is 398 g/mol. The minimum absolute atomic E-state index is 0.0498. The van der Waals surface area contributed by atoms with Gasteiger partial charge in [-0.2, -0.15) is 0 Å². The fraction of sp³-hybridized carbons (Fsp3) is 0.529. The molecule has 1 heterocycles. The number of benzene rings is 1. The van der Waals surface area contributed by atoms with E-state index in [-0.39, 0.29) is 24.3 Å². The Labute approximate surface area is 151 Å². The SMILES string of the molecule is CC(CNC(=O)CCNC(=O)c1ccc(Br)cc1)N1CCOCC1. The molecular formula is C17H24BrN3O3. The summed E-state index contributed by atoms with van der Waals surface area (Å²) >= 11 is 3.33. The number of rotatable bonds is 7. The predicted octanol–water partition coefficient (Wildman–Crippen LogP) is 1.41. The number of ether oxygens (including phenoxy) is 1. The maximum atomic E-state index is 11.9. The number of carbonyl (C=O) groups excluding carboxylic acids is 2. The van der Waals surface area contributed by atoms with Gasteiger partial charge in [-0.25, -0.2) is 0 Å². The lowest BCUT2D eigenvalue weighted by molar-refractivity contribution is -0.121. The van der Waals surface area contributed by atoms with Crippen LogP contribution in [0, 0.1) is 0 Å². The molecule has 1 aliphatic rings. The van der Waals surface area contributed by atoms with Crippen molar-refractivity contribution in [2.45, 2.75) is 19.4 Å². The molecule has 2 rings (SSSR count). The third-order valence-corrected chi connectivity index (χ3v) is 4.54. The number of hydrogen-bond donors (Lipinski definition) is 2. The van der Waals surface area contributed by atoms with Crippen molar-refractivity contribution >= 4 is 27.7 Å². The van der Waals surface area contributed by atoms with E-state index in [4.69, 9.17) is 4.74 Å². The zero-order valence-corrected chi connectivity index (χ0v) is 15.5. The normalized spacial score (nSPS) is 16.4. The molecule has 0 radical (unpaired) electrons. The third kappa shape index (κ3) is 6.22. The molecule has 1 aromatic carbocycles. The molecular weight excluding hydrogens is 374 g/mol. The Bertz CT molecular complexity index is 545. The van der Waals surface area contributed by atoms with Gasteiger partial charge in [0, 0.05) is 48.7 Å². The first-order valence-corrected chi connectivity index (χ1v) is 8.98. The van der Waals surface area contributed by atoms with Crippen LogP contribution >= 0.6 is 15.9 Å². The molecule has 1 aliphatic heterocycles. The minimum Gasteiger partial charge on any atom is -0.379 e. The van der Waals surface area contributed by atoms with Crippen LogP contribution < -0.4 is 10.6 Å². The summed E-state index contributed by atoms with van der Waals surface area (Å²) in [5.74, 6) is -0.219. The summed E-state index contributed by atoms with van der Waals surface area (Å²) in [5, 5.41) is 5.68. The van der Waals surface area contributed by atoms with Gasteiger partial charge in [0.25, 0.3) is 5.91 Å². The molecule has 1 atom stereocenters. The molecule has 24 heavy (non-hydrogen) atoms. The lowest BCUT2D eigenvalue weighted by Gasteiger charge is -2.32. The Kier molecular flexibility index (Phi) is 7.68. The minimum atomic E-state index is -0.169. The van der Waals surface area contributed by atoms with Crippen molar-refractivity contribution in [1.82, 2.24) is 15.5 Å². The molecule has 6 nitrogen and oxygen atoms in total. The second kappa shape index (κ2) is 9.76. The highest BCUT2D eigenvalue weighted by molar-refractivity contribution is 9.10. The molecule has 132 valence electrons. The van der Waals surface area contributed by atoms with Gasteiger partial charge in [0.05, 0.1) is 13.2 Å². The van der Waals surface area contributed by atoms with Crippen molar-refractivity contribution in [1.29, 1.82) is 0 Å². The molecule has 7 heteroatoms.